The molecule has 0 fully saturated rings. The molecule has 0 aliphatic rings. The first kappa shape index (κ1) is 15.2. The van der Waals surface area contributed by atoms with E-state index in [-0.39, 0.29) is 4.68 Å². The molecular formula is C6H3N9O8. The van der Waals surface area contributed by atoms with E-state index in [1.807, 2.05) is 0 Å². The third-order valence-electron chi connectivity index (χ3n) is 2.49. The molecule has 2 aromatic heterocycles. The highest BCUT2D eigenvalue weighted by atomic mass is 16.6. The minimum Gasteiger partial charge on any atom is -0.385 e. The van der Waals surface area contributed by atoms with E-state index in [4.69, 9.17) is 5.73 Å². The van der Waals surface area contributed by atoms with Crippen molar-refractivity contribution in [1.29, 1.82) is 0 Å². The number of H-pyrrole nitrogens is 1. The molecule has 2 aromatic rings. The second-order valence-corrected chi connectivity index (χ2v) is 3.75. The summed E-state index contributed by atoms with van der Waals surface area (Å²) in [6, 6.07) is 0. The van der Waals surface area contributed by atoms with Gasteiger partial charge in [0.15, 0.2) is 10.2 Å². The van der Waals surface area contributed by atoms with Crippen LogP contribution < -0.4 is 5.73 Å². The van der Waals surface area contributed by atoms with Gasteiger partial charge in [0.2, 0.25) is 5.69 Å². The molecule has 0 amide bonds. The molecule has 0 bridgehead atoms. The van der Waals surface area contributed by atoms with E-state index < -0.39 is 54.3 Å². The number of nitrogens with two attached hydrogens (primary N) is 1. The third-order valence-corrected chi connectivity index (χ3v) is 2.49. The van der Waals surface area contributed by atoms with Crippen LogP contribution in [0.1, 0.15) is 0 Å². The van der Waals surface area contributed by atoms with Gasteiger partial charge in [-0.05, 0) is 24.8 Å². The minimum absolute atomic E-state index is 0.0211. The maximum Gasteiger partial charge on any atom is 0.472 e. The van der Waals surface area contributed by atoms with Gasteiger partial charge >= 0.3 is 29.0 Å². The summed E-state index contributed by atoms with van der Waals surface area (Å²) in [6.07, 6.45) is 0. The molecule has 2 heterocycles. The van der Waals surface area contributed by atoms with Crippen molar-refractivity contribution in [1.82, 2.24) is 20.0 Å². The second-order valence-electron chi connectivity index (χ2n) is 3.75. The monoisotopic (exact) mass is 329 g/mol. The molecule has 0 unspecified atom stereocenters. The van der Waals surface area contributed by atoms with Crippen molar-refractivity contribution in [3.8, 4) is 5.69 Å². The number of anilines is 1. The van der Waals surface area contributed by atoms with Gasteiger partial charge in [0.1, 0.15) is 0 Å². The van der Waals surface area contributed by atoms with E-state index in [1.165, 1.54) is 0 Å². The lowest BCUT2D eigenvalue weighted by Crippen LogP contribution is -2.07. The van der Waals surface area contributed by atoms with Crippen molar-refractivity contribution in [3.05, 3.63) is 40.5 Å². The van der Waals surface area contributed by atoms with Gasteiger partial charge < -0.3 is 46.2 Å². The molecule has 0 aliphatic heterocycles. The van der Waals surface area contributed by atoms with Crippen LogP contribution in [0.2, 0.25) is 0 Å². The fraction of sp³-hybridized carbons (Fsp3) is 0. The van der Waals surface area contributed by atoms with Crippen LogP contribution in [0, 0.1) is 40.5 Å². The molecule has 0 spiro atoms. The molecule has 120 valence electrons. The van der Waals surface area contributed by atoms with Gasteiger partial charge in [0.25, 0.3) is 0 Å². The van der Waals surface area contributed by atoms with Crippen molar-refractivity contribution in [2.24, 2.45) is 0 Å². The normalized spacial score (nSPS) is 10.4. The first-order valence-electron chi connectivity index (χ1n) is 5.21. The summed E-state index contributed by atoms with van der Waals surface area (Å²) in [5.41, 5.74) is 3.14. The van der Waals surface area contributed by atoms with Gasteiger partial charge in [-0.15, -0.1) is 0 Å². The average molecular weight is 329 g/mol. The summed E-state index contributed by atoms with van der Waals surface area (Å²) < 4.78 is 0.0211. The van der Waals surface area contributed by atoms with E-state index in [0.717, 1.165) is 0 Å². The molecule has 0 saturated heterocycles. The molecule has 3 N–H and O–H groups in total. The van der Waals surface area contributed by atoms with Crippen LogP contribution in [0.4, 0.5) is 29.0 Å². The molecule has 0 saturated carbocycles. The van der Waals surface area contributed by atoms with Crippen LogP contribution in [0.15, 0.2) is 0 Å². The van der Waals surface area contributed by atoms with Gasteiger partial charge in [0, 0.05) is 4.68 Å². The summed E-state index contributed by atoms with van der Waals surface area (Å²) >= 11 is 0. The van der Waals surface area contributed by atoms with Crippen LogP contribution in [-0.4, -0.2) is 39.7 Å². The average Bonchev–Trinajstić information content (AvgIpc) is 2.98. The maximum atomic E-state index is 11.0. The highest BCUT2D eigenvalue weighted by molar-refractivity contribution is 5.71. The lowest BCUT2D eigenvalue weighted by Gasteiger charge is -1.94. The summed E-state index contributed by atoms with van der Waals surface area (Å²) in [5, 5.41) is 51.4. The van der Waals surface area contributed by atoms with E-state index in [2.05, 4.69) is 10.2 Å². The quantitative estimate of drug-likeness (QED) is 0.537. The topological polar surface area (TPSA) is 245 Å². The van der Waals surface area contributed by atoms with Crippen molar-refractivity contribution >= 4 is 29.0 Å². The van der Waals surface area contributed by atoms with Gasteiger partial charge in [0.05, 0.1) is 0 Å². The number of nitrogens with one attached hydrogen (secondary N) is 1. The van der Waals surface area contributed by atoms with Crippen LogP contribution in [-0.2, 0) is 0 Å². The van der Waals surface area contributed by atoms with E-state index in [0.29, 0.717) is 0 Å². The van der Waals surface area contributed by atoms with Crippen LogP contribution in [0.25, 0.3) is 5.69 Å². The fourth-order valence-corrected chi connectivity index (χ4v) is 1.64. The van der Waals surface area contributed by atoms with Crippen molar-refractivity contribution in [2.45, 2.75) is 0 Å². The molecule has 17 nitrogen and oxygen atoms in total. The Labute approximate surface area is 121 Å². The molecule has 0 aliphatic carbocycles. The van der Waals surface area contributed by atoms with Gasteiger partial charge in [-0.3, -0.25) is 0 Å². The van der Waals surface area contributed by atoms with E-state index >= 15 is 0 Å². The molecule has 0 aromatic carbocycles. The maximum absolute atomic E-state index is 11.0. The molecule has 23 heavy (non-hydrogen) atoms. The lowest BCUT2D eigenvalue weighted by molar-refractivity contribution is -0.398. The van der Waals surface area contributed by atoms with Crippen LogP contribution in [0.3, 0.4) is 0 Å². The first-order valence-corrected chi connectivity index (χ1v) is 5.21. The Morgan fingerprint density at radius 2 is 1.48 bits per heavy atom. The predicted molar refractivity (Wildman–Crippen MR) is 66.7 cm³/mol. The third kappa shape index (κ3) is 2.22. The highest BCUT2D eigenvalue weighted by Crippen LogP contribution is 2.38. The van der Waals surface area contributed by atoms with Crippen molar-refractivity contribution < 1.29 is 19.7 Å². The number of hydrogen-bond acceptors (Lipinski definition) is 11. The molecular weight excluding hydrogens is 326 g/mol. The number of rotatable bonds is 5. The Bertz CT molecular complexity index is 832. The highest BCUT2D eigenvalue weighted by Gasteiger charge is 2.47. The molecule has 0 atom stereocenters. The Hall–Kier alpha value is -4.18. The molecule has 17 heteroatoms. The number of nitro groups is 4. The number of hydrogen-bond donors (Lipinski definition) is 2. The number of nitrogens with zero attached hydrogens (tertiary/aromatic N) is 7. The standard InChI is InChI=1S/C6H3N9O8/c7-1-3(12(16)17)10-11(6(1)15(22)23)2-4(13(18)19)8-9-5(2)14(20)21/h7H2,(H,8,9). The molecule has 0 radical (unpaired) electrons. The van der Waals surface area contributed by atoms with Crippen LogP contribution in [0.5, 0.6) is 0 Å². The zero-order valence-corrected chi connectivity index (χ0v) is 10.5. The Kier molecular flexibility index (Phi) is 3.29. The smallest absolute Gasteiger partial charge is 0.385 e. The van der Waals surface area contributed by atoms with Gasteiger partial charge in [-0.2, -0.15) is 0 Å². The zero-order chi connectivity index (χ0) is 17.5. The van der Waals surface area contributed by atoms with Crippen molar-refractivity contribution in [2.75, 3.05) is 5.73 Å². The van der Waals surface area contributed by atoms with E-state index in [9.17, 15) is 40.5 Å². The second kappa shape index (κ2) is 4.98. The number of aromatic amines is 1. The Morgan fingerprint density at radius 1 is 0.913 bits per heavy atom. The zero-order valence-electron chi connectivity index (χ0n) is 10.5. The van der Waals surface area contributed by atoms with Gasteiger partial charge in [-0.25, -0.2) is 0 Å². The predicted octanol–water partition coefficient (Wildman–Crippen LogP) is -0.190. The largest absolute Gasteiger partial charge is 0.472 e. The fourth-order valence-electron chi connectivity index (χ4n) is 1.64. The Morgan fingerprint density at radius 3 is 1.91 bits per heavy atom. The Balaban J connectivity index is 2.92. The SMILES string of the molecule is Nc1c([N+](=O)[O-])nn(-c2c([N+](=O)[O-])n[nH]c2[N+](=O)[O-])c1[N+](=O)[O-]. The van der Waals surface area contributed by atoms with Crippen LogP contribution >= 0.6 is 0 Å². The number of aromatic nitrogens is 4. The van der Waals surface area contributed by atoms with Gasteiger partial charge in [-0.1, -0.05) is 0 Å². The number of nitrogen functional groups attached to an aromatic ring is 1. The van der Waals surface area contributed by atoms with E-state index in [1.54, 1.807) is 5.10 Å². The molecule has 2 rings (SSSR count). The van der Waals surface area contributed by atoms with Crippen molar-refractivity contribution in [3.63, 3.8) is 0 Å². The summed E-state index contributed by atoms with van der Waals surface area (Å²) in [6.45, 7) is 0. The lowest BCUT2D eigenvalue weighted by atomic mass is 10.4. The summed E-state index contributed by atoms with van der Waals surface area (Å²) in [4.78, 5) is 38.7. The summed E-state index contributed by atoms with van der Waals surface area (Å²) in [5.74, 6) is -4.76. The summed E-state index contributed by atoms with van der Waals surface area (Å²) in [7, 11) is 0. The minimum atomic E-state index is -1.25. The first-order chi connectivity index (χ1) is 10.7.